The van der Waals surface area contributed by atoms with Gasteiger partial charge in [0.15, 0.2) is 11.5 Å². The predicted molar refractivity (Wildman–Crippen MR) is 70.1 cm³/mol. The minimum atomic E-state index is -0.708. The van der Waals surface area contributed by atoms with E-state index in [2.05, 4.69) is 11.5 Å². The lowest BCUT2D eigenvalue weighted by Gasteiger charge is -2.14. The summed E-state index contributed by atoms with van der Waals surface area (Å²) in [6.07, 6.45) is 2.66. The van der Waals surface area contributed by atoms with Gasteiger partial charge in [0.25, 0.3) is 0 Å². The third-order valence-corrected chi connectivity index (χ3v) is 2.88. The van der Waals surface area contributed by atoms with Crippen LogP contribution < -0.4 is 4.74 Å². The van der Waals surface area contributed by atoms with Crippen LogP contribution in [-0.2, 0) is 22.5 Å². The number of carbonyl (C=O) groups excluding carboxylic acids is 1. The maximum atomic E-state index is 11.2. The zero-order chi connectivity index (χ0) is 14.4. The van der Waals surface area contributed by atoms with Gasteiger partial charge in [0.1, 0.15) is 0 Å². The molecule has 1 aromatic carbocycles. The van der Waals surface area contributed by atoms with Crippen LogP contribution in [-0.4, -0.2) is 23.4 Å². The molecule has 5 nitrogen and oxygen atoms in total. The first-order valence-corrected chi connectivity index (χ1v) is 5.88. The Kier molecular flexibility index (Phi) is 5.38. The highest BCUT2D eigenvalue weighted by molar-refractivity contribution is 5.71. The lowest BCUT2D eigenvalue weighted by Crippen LogP contribution is -2.16. The average Bonchev–Trinajstić information content (AvgIpc) is 2.40. The van der Waals surface area contributed by atoms with Crippen molar-refractivity contribution in [3.8, 4) is 11.5 Å². The summed E-state index contributed by atoms with van der Waals surface area (Å²) in [6, 6.07) is 3.27. The molecule has 1 atom stereocenters. The van der Waals surface area contributed by atoms with Gasteiger partial charge < -0.3 is 14.7 Å². The minimum absolute atomic E-state index is 0.00915. The van der Waals surface area contributed by atoms with Gasteiger partial charge in [-0.2, -0.15) is 5.26 Å². The second-order valence-corrected chi connectivity index (χ2v) is 4.30. The molecule has 0 aliphatic heterocycles. The molecule has 1 aromatic rings. The maximum absolute atomic E-state index is 11.2. The molecule has 1 unspecified atom stereocenters. The maximum Gasteiger partial charge on any atom is 0.345 e. The van der Waals surface area contributed by atoms with Crippen LogP contribution in [0, 0.1) is 5.92 Å². The number of hydrogen-bond donors (Lipinski definition) is 2. The molecule has 0 fully saturated rings. The van der Waals surface area contributed by atoms with Crippen molar-refractivity contribution >= 4 is 5.97 Å². The van der Waals surface area contributed by atoms with Crippen LogP contribution in [0.3, 0.4) is 0 Å². The third-order valence-electron chi connectivity index (χ3n) is 2.88. The lowest BCUT2D eigenvalue weighted by atomic mass is 9.94. The predicted octanol–water partition coefficient (Wildman–Crippen LogP) is 2.32. The summed E-state index contributed by atoms with van der Waals surface area (Å²) >= 11 is 0. The minimum Gasteiger partial charge on any atom is -0.504 e. The molecule has 0 aliphatic carbocycles. The molecular formula is C14H18O5. The highest BCUT2D eigenvalue weighted by atomic mass is 17.1. The fourth-order valence-corrected chi connectivity index (χ4v) is 1.86. The molecule has 19 heavy (non-hydrogen) atoms. The van der Waals surface area contributed by atoms with Crippen LogP contribution in [0.5, 0.6) is 11.5 Å². The number of methoxy groups -OCH3 is 1. The molecule has 0 saturated carbocycles. The highest BCUT2D eigenvalue weighted by Gasteiger charge is 2.18. The molecule has 0 aromatic heterocycles. The van der Waals surface area contributed by atoms with E-state index in [9.17, 15) is 9.90 Å². The number of hydrogen-bond acceptors (Lipinski definition) is 5. The summed E-state index contributed by atoms with van der Waals surface area (Å²) in [5, 5.41) is 18.1. The molecule has 0 spiro atoms. The Morgan fingerprint density at radius 3 is 2.68 bits per heavy atom. The van der Waals surface area contributed by atoms with Crippen molar-refractivity contribution in [2.45, 2.75) is 19.8 Å². The number of benzene rings is 1. The van der Waals surface area contributed by atoms with Gasteiger partial charge in [-0.15, -0.1) is 6.58 Å². The van der Waals surface area contributed by atoms with Crippen molar-refractivity contribution in [2.24, 2.45) is 5.92 Å². The quantitative estimate of drug-likeness (QED) is 0.469. The monoisotopic (exact) mass is 266 g/mol. The molecule has 0 radical (unpaired) electrons. The van der Waals surface area contributed by atoms with Crippen LogP contribution in [0.15, 0.2) is 24.8 Å². The van der Waals surface area contributed by atoms with E-state index in [1.165, 1.54) is 7.11 Å². The van der Waals surface area contributed by atoms with Gasteiger partial charge in [-0.3, -0.25) is 0 Å². The van der Waals surface area contributed by atoms with E-state index in [1.54, 1.807) is 25.1 Å². The largest absolute Gasteiger partial charge is 0.504 e. The fraction of sp³-hybridized carbons (Fsp3) is 0.357. The van der Waals surface area contributed by atoms with Crippen LogP contribution >= 0.6 is 0 Å². The van der Waals surface area contributed by atoms with Gasteiger partial charge in [0, 0.05) is 0 Å². The number of ether oxygens (including phenoxy) is 1. The number of phenols is 1. The SMILES string of the molecule is C=CCc1cc(OC)c(O)cc1CC(C)C(=O)OO. The molecule has 0 aliphatic rings. The van der Waals surface area contributed by atoms with Crippen molar-refractivity contribution in [1.29, 1.82) is 0 Å². The van der Waals surface area contributed by atoms with Gasteiger partial charge in [-0.05, 0) is 36.1 Å². The van der Waals surface area contributed by atoms with E-state index < -0.39 is 11.9 Å². The number of rotatable bonds is 6. The van der Waals surface area contributed by atoms with Crippen molar-refractivity contribution < 1.29 is 24.8 Å². The lowest BCUT2D eigenvalue weighted by molar-refractivity contribution is -0.238. The Labute approximate surface area is 112 Å². The van der Waals surface area contributed by atoms with Gasteiger partial charge in [-0.1, -0.05) is 13.0 Å². The number of allylic oxidation sites excluding steroid dienone is 1. The van der Waals surface area contributed by atoms with Crippen LogP contribution in [0.4, 0.5) is 0 Å². The Hall–Kier alpha value is -2.01. The molecule has 0 saturated heterocycles. The van der Waals surface area contributed by atoms with Crippen LogP contribution in [0.2, 0.25) is 0 Å². The molecule has 2 N–H and O–H groups in total. The Morgan fingerprint density at radius 1 is 1.47 bits per heavy atom. The van der Waals surface area contributed by atoms with Gasteiger partial charge >= 0.3 is 5.97 Å². The van der Waals surface area contributed by atoms with Crippen LogP contribution in [0.25, 0.3) is 0 Å². The molecule has 104 valence electrons. The van der Waals surface area contributed by atoms with E-state index in [4.69, 9.17) is 9.99 Å². The second kappa shape index (κ2) is 6.80. The topological polar surface area (TPSA) is 76.0 Å². The molecule has 5 heteroatoms. The molecule has 0 heterocycles. The van der Waals surface area contributed by atoms with Crippen molar-refractivity contribution in [3.05, 3.63) is 35.9 Å². The van der Waals surface area contributed by atoms with Crippen molar-refractivity contribution in [3.63, 3.8) is 0 Å². The van der Waals surface area contributed by atoms with Crippen molar-refractivity contribution in [1.82, 2.24) is 0 Å². The molecular weight excluding hydrogens is 248 g/mol. The third kappa shape index (κ3) is 3.72. The summed E-state index contributed by atoms with van der Waals surface area (Å²) in [4.78, 5) is 14.9. The number of carbonyl (C=O) groups is 1. The van der Waals surface area contributed by atoms with Gasteiger partial charge in [-0.25, -0.2) is 4.79 Å². The van der Waals surface area contributed by atoms with Crippen LogP contribution in [0.1, 0.15) is 18.1 Å². The van der Waals surface area contributed by atoms with E-state index in [1.807, 2.05) is 0 Å². The molecule has 0 bridgehead atoms. The second-order valence-electron chi connectivity index (χ2n) is 4.30. The van der Waals surface area contributed by atoms with Gasteiger partial charge in [0.05, 0.1) is 13.0 Å². The highest BCUT2D eigenvalue weighted by Crippen LogP contribution is 2.31. The number of phenolic OH excluding ortho intramolecular Hbond substituents is 1. The number of aromatic hydroxyl groups is 1. The van der Waals surface area contributed by atoms with Crippen molar-refractivity contribution in [2.75, 3.05) is 7.11 Å². The van der Waals surface area contributed by atoms with E-state index in [0.717, 1.165) is 11.1 Å². The normalized spacial score (nSPS) is 11.7. The Bertz CT molecular complexity index is 467. The first-order chi connectivity index (χ1) is 9.03. The summed E-state index contributed by atoms with van der Waals surface area (Å²) in [5.41, 5.74) is 1.69. The molecule has 0 amide bonds. The standard InChI is InChI=1S/C14H18O5/c1-4-5-10-8-13(18-3)12(15)7-11(10)6-9(2)14(16)19-17/h4,7-9,15,17H,1,5-6H2,2-3H3. The van der Waals surface area contributed by atoms with E-state index in [-0.39, 0.29) is 5.75 Å². The fourth-order valence-electron chi connectivity index (χ4n) is 1.86. The zero-order valence-corrected chi connectivity index (χ0v) is 11.0. The summed E-state index contributed by atoms with van der Waals surface area (Å²) in [6.45, 7) is 5.31. The smallest absolute Gasteiger partial charge is 0.345 e. The summed E-state index contributed by atoms with van der Waals surface area (Å²) < 4.78 is 5.04. The van der Waals surface area contributed by atoms with E-state index >= 15 is 0 Å². The zero-order valence-electron chi connectivity index (χ0n) is 11.0. The first kappa shape index (κ1) is 15.0. The van der Waals surface area contributed by atoms with Gasteiger partial charge in [0.2, 0.25) is 0 Å². The Balaban J connectivity index is 3.07. The average molecular weight is 266 g/mol. The Morgan fingerprint density at radius 2 is 2.16 bits per heavy atom. The summed E-state index contributed by atoms with van der Waals surface area (Å²) in [5.74, 6) is -0.839. The van der Waals surface area contributed by atoms with E-state index in [0.29, 0.717) is 18.6 Å². The summed E-state index contributed by atoms with van der Waals surface area (Å²) in [7, 11) is 1.47. The molecule has 1 rings (SSSR count). The first-order valence-electron chi connectivity index (χ1n) is 5.88.